The van der Waals surface area contributed by atoms with Crippen LogP contribution < -0.4 is 5.32 Å². The normalized spacial score (nSPS) is 25.6. The molecular weight excluding hydrogens is 253 g/mol. The van der Waals surface area contributed by atoms with Gasteiger partial charge in [0.1, 0.15) is 5.82 Å². The number of rotatable bonds is 4. The van der Waals surface area contributed by atoms with Crippen LogP contribution in [-0.2, 0) is 4.74 Å². The summed E-state index contributed by atoms with van der Waals surface area (Å²) in [5, 5.41) is 3.86. The molecule has 4 heteroatoms. The van der Waals surface area contributed by atoms with E-state index in [-0.39, 0.29) is 23.4 Å². The quantitative estimate of drug-likeness (QED) is 0.890. The summed E-state index contributed by atoms with van der Waals surface area (Å²) in [6.45, 7) is 7.03. The lowest BCUT2D eigenvalue weighted by Crippen LogP contribution is -2.58. The molecule has 0 radical (unpaired) electrons. The van der Waals surface area contributed by atoms with Gasteiger partial charge < -0.3 is 10.1 Å². The van der Waals surface area contributed by atoms with E-state index in [2.05, 4.69) is 19.2 Å². The van der Waals surface area contributed by atoms with Gasteiger partial charge >= 0.3 is 0 Å². The molecule has 1 N–H and O–H groups in total. The Bertz CT molecular complexity index is 436. The lowest BCUT2D eigenvalue weighted by molar-refractivity contribution is -0.0975. The van der Waals surface area contributed by atoms with E-state index >= 15 is 0 Å². The van der Waals surface area contributed by atoms with Gasteiger partial charge in [-0.2, -0.15) is 0 Å². The average molecular weight is 272 g/mol. The summed E-state index contributed by atoms with van der Waals surface area (Å²) in [5.41, 5.74) is 0.691. The molecule has 2 atom stereocenters. The summed E-state index contributed by atoms with van der Waals surface area (Å²) in [5.74, 6) is -0.277. The fraction of sp³-hybridized carbons (Fsp3) is 0.571. The zero-order chi connectivity index (χ0) is 13.3. The van der Waals surface area contributed by atoms with Crippen molar-refractivity contribution in [1.82, 2.24) is 0 Å². The van der Waals surface area contributed by atoms with Crippen LogP contribution in [0.4, 0.5) is 10.1 Å². The molecule has 1 fully saturated rings. The Labute approximate surface area is 112 Å². The monoisotopic (exact) mass is 271 g/mol. The highest BCUT2D eigenvalue weighted by Crippen LogP contribution is 2.45. The smallest absolute Gasteiger partial charge is 0.125 e. The third-order valence-electron chi connectivity index (χ3n) is 3.80. The van der Waals surface area contributed by atoms with Gasteiger partial charge in [0, 0.05) is 18.1 Å². The number of ether oxygens (including phenoxy) is 1. The van der Waals surface area contributed by atoms with Crippen LogP contribution in [-0.4, -0.2) is 18.8 Å². The maximum absolute atomic E-state index is 13.2. The van der Waals surface area contributed by atoms with Gasteiger partial charge in [-0.15, -0.1) is 0 Å². The van der Waals surface area contributed by atoms with Crippen LogP contribution in [0.15, 0.2) is 18.2 Å². The minimum atomic E-state index is -0.277. The molecule has 2 nitrogen and oxygen atoms in total. The van der Waals surface area contributed by atoms with Gasteiger partial charge in [-0.3, -0.25) is 0 Å². The van der Waals surface area contributed by atoms with E-state index < -0.39 is 0 Å². The molecule has 0 aromatic heterocycles. The zero-order valence-corrected chi connectivity index (χ0v) is 11.7. The average Bonchev–Trinajstić information content (AvgIpc) is 2.32. The summed E-state index contributed by atoms with van der Waals surface area (Å²) >= 11 is 6.05. The Morgan fingerprint density at radius 2 is 2.22 bits per heavy atom. The zero-order valence-electron chi connectivity index (χ0n) is 11.0. The van der Waals surface area contributed by atoms with Gasteiger partial charge in [0.25, 0.3) is 0 Å². The fourth-order valence-corrected chi connectivity index (χ4v) is 2.58. The van der Waals surface area contributed by atoms with Crippen molar-refractivity contribution in [2.75, 3.05) is 11.9 Å². The predicted octanol–water partition coefficient (Wildman–Crippen LogP) is 4.09. The van der Waals surface area contributed by atoms with Gasteiger partial charge in [-0.05, 0) is 31.5 Å². The number of halogens is 2. The highest BCUT2D eigenvalue weighted by atomic mass is 35.5. The van der Waals surface area contributed by atoms with E-state index in [1.54, 1.807) is 6.07 Å². The van der Waals surface area contributed by atoms with Crippen LogP contribution >= 0.6 is 11.6 Å². The second-order valence-corrected chi connectivity index (χ2v) is 5.73. The van der Waals surface area contributed by atoms with Crippen molar-refractivity contribution in [1.29, 1.82) is 0 Å². The molecule has 1 aliphatic rings. The van der Waals surface area contributed by atoms with Crippen molar-refractivity contribution in [3.05, 3.63) is 29.0 Å². The van der Waals surface area contributed by atoms with Crippen molar-refractivity contribution in [3.8, 4) is 0 Å². The molecule has 0 heterocycles. The van der Waals surface area contributed by atoms with Crippen molar-refractivity contribution < 1.29 is 9.13 Å². The van der Waals surface area contributed by atoms with Crippen LogP contribution in [0.25, 0.3) is 0 Å². The highest BCUT2D eigenvalue weighted by Gasteiger charge is 2.48. The number of nitrogens with one attached hydrogen (secondary N) is 1. The van der Waals surface area contributed by atoms with E-state index in [1.165, 1.54) is 12.1 Å². The summed E-state index contributed by atoms with van der Waals surface area (Å²) in [7, 11) is 0. The molecule has 1 aromatic carbocycles. The molecule has 1 aliphatic carbocycles. The van der Waals surface area contributed by atoms with Crippen molar-refractivity contribution in [2.24, 2.45) is 5.41 Å². The summed E-state index contributed by atoms with van der Waals surface area (Å²) in [4.78, 5) is 0. The molecule has 0 bridgehead atoms. The SMILES string of the molecule is CCOC1CC(Nc2cc(F)ccc2Cl)C1(C)C. The molecular formula is C14H19ClFNO. The maximum atomic E-state index is 13.2. The Kier molecular flexibility index (Phi) is 3.83. The van der Waals surface area contributed by atoms with Crippen LogP contribution in [0.1, 0.15) is 27.2 Å². The standard InChI is InChI=1S/C14H19ClFNO/c1-4-18-13-8-12(14(13,2)3)17-11-7-9(16)5-6-10(11)15/h5-7,12-13,17H,4,8H2,1-3H3. The van der Waals surface area contributed by atoms with Crippen LogP contribution in [0, 0.1) is 11.2 Å². The number of anilines is 1. The molecule has 1 aromatic rings. The van der Waals surface area contributed by atoms with E-state index in [1.807, 2.05) is 6.92 Å². The third-order valence-corrected chi connectivity index (χ3v) is 4.13. The first kappa shape index (κ1) is 13.6. The van der Waals surface area contributed by atoms with E-state index in [4.69, 9.17) is 16.3 Å². The maximum Gasteiger partial charge on any atom is 0.125 e. The first-order valence-corrected chi connectivity index (χ1v) is 6.66. The molecule has 2 unspecified atom stereocenters. The summed E-state index contributed by atoms with van der Waals surface area (Å²) < 4.78 is 18.9. The molecule has 0 spiro atoms. The van der Waals surface area contributed by atoms with Gasteiger partial charge in [0.2, 0.25) is 0 Å². The Hall–Kier alpha value is -0.800. The highest BCUT2D eigenvalue weighted by molar-refractivity contribution is 6.33. The van der Waals surface area contributed by atoms with Gasteiger partial charge in [-0.25, -0.2) is 4.39 Å². The molecule has 0 amide bonds. The third kappa shape index (κ3) is 2.47. The van der Waals surface area contributed by atoms with E-state index in [0.29, 0.717) is 10.7 Å². The summed E-state index contributed by atoms with van der Waals surface area (Å²) in [6.07, 6.45) is 1.18. The molecule has 100 valence electrons. The first-order valence-electron chi connectivity index (χ1n) is 6.28. The molecule has 18 heavy (non-hydrogen) atoms. The lowest BCUT2D eigenvalue weighted by Gasteiger charge is -2.52. The second kappa shape index (κ2) is 5.06. The number of benzene rings is 1. The van der Waals surface area contributed by atoms with Gasteiger partial charge in [0.05, 0.1) is 16.8 Å². The van der Waals surface area contributed by atoms with E-state index in [9.17, 15) is 4.39 Å². The second-order valence-electron chi connectivity index (χ2n) is 5.32. The Balaban J connectivity index is 2.05. The van der Waals surface area contributed by atoms with E-state index in [0.717, 1.165) is 13.0 Å². The summed E-state index contributed by atoms with van der Waals surface area (Å²) in [6, 6.07) is 4.63. The number of hydrogen-bond donors (Lipinski definition) is 1. The first-order chi connectivity index (χ1) is 8.45. The van der Waals surface area contributed by atoms with Crippen LogP contribution in [0.3, 0.4) is 0 Å². The topological polar surface area (TPSA) is 21.3 Å². The van der Waals surface area contributed by atoms with Crippen LogP contribution in [0.2, 0.25) is 5.02 Å². The number of hydrogen-bond acceptors (Lipinski definition) is 2. The predicted molar refractivity (Wildman–Crippen MR) is 72.6 cm³/mol. The van der Waals surface area contributed by atoms with Crippen LogP contribution in [0.5, 0.6) is 0 Å². The van der Waals surface area contributed by atoms with Gasteiger partial charge in [-0.1, -0.05) is 25.4 Å². The lowest BCUT2D eigenvalue weighted by atomic mass is 9.64. The Morgan fingerprint density at radius 3 is 2.83 bits per heavy atom. The molecule has 2 rings (SSSR count). The Morgan fingerprint density at radius 1 is 1.50 bits per heavy atom. The molecule has 1 saturated carbocycles. The minimum absolute atomic E-state index is 0.0334. The van der Waals surface area contributed by atoms with Gasteiger partial charge in [0.15, 0.2) is 0 Å². The van der Waals surface area contributed by atoms with Crippen molar-refractivity contribution in [3.63, 3.8) is 0 Å². The fourth-order valence-electron chi connectivity index (χ4n) is 2.41. The van der Waals surface area contributed by atoms with Crippen molar-refractivity contribution >= 4 is 17.3 Å². The minimum Gasteiger partial charge on any atom is -0.380 e. The molecule has 0 aliphatic heterocycles. The van der Waals surface area contributed by atoms with Crippen molar-refractivity contribution in [2.45, 2.75) is 39.3 Å². The largest absolute Gasteiger partial charge is 0.380 e. The molecule has 0 saturated heterocycles.